The lowest BCUT2D eigenvalue weighted by Crippen LogP contribution is -2.29. The van der Waals surface area contributed by atoms with E-state index in [9.17, 15) is 14.2 Å². The Hall–Kier alpha value is -1.07. The van der Waals surface area contributed by atoms with E-state index in [0.717, 1.165) is 38.5 Å². The van der Waals surface area contributed by atoms with Gasteiger partial charge in [0.25, 0.3) is 0 Å². The van der Waals surface area contributed by atoms with E-state index in [-0.39, 0.29) is 32.7 Å². The molecule has 276 valence electrons. The standard InChI is InChI=1S/C31H61O8P.C3H8O3/c1-3-5-7-9-11-13-15-17-19-21-23-25-30(32)37-27-29(28-38-40(34,35)36)39-31(33)26-24-22-20-18-16-14-12-10-8-6-4-2;4-1-3(6)2-5/h29H,3-28H2,1-2H3,(H2,34,35,36);3-6H,1-2H2/t29-;/m1./s1. The van der Waals surface area contributed by atoms with Crippen LogP contribution in [0.25, 0.3) is 0 Å². The number of aliphatic hydroxyl groups excluding tert-OH is 3. The topological polar surface area (TPSA) is 180 Å². The third kappa shape index (κ3) is 39.1. The van der Waals surface area contributed by atoms with Gasteiger partial charge in [-0.3, -0.25) is 14.1 Å². The molecule has 0 spiro atoms. The first kappa shape index (κ1) is 47.0. The Kier molecular flexibility index (Phi) is 36.0. The van der Waals surface area contributed by atoms with Gasteiger partial charge < -0.3 is 34.6 Å². The van der Waals surface area contributed by atoms with Gasteiger partial charge in [0.1, 0.15) is 12.7 Å². The molecule has 0 unspecified atom stereocenters. The number of phosphoric ester groups is 1. The molecule has 0 rings (SSSR count). The van der Waals surface area contributed by atoms with Crippen LogP contribution in [0.5, 0.6) is 0 Å². The zero-order valence-electron chi connectivity index (χ0n) is 29.1. The van der Waals surface area contributed by atoms with Crippen molar-refractivity contribution in [3.8, 4) is 0 Å². The molecule has 1 atom stereocenters. The second-order valence-electron chi connectivity index (χ2n) is 12.2. The Balaban J connectivity index is 0. The molecule has 0 aliphatic heterocycles. The molecule has 0 saturated heterocycles. The molecule has 0 aromatic rings. The summed E-state index contributed by atoms with van der Waals surface area (Å²) in [4.78, 5) is 42.4. The van der Waals surface area contributed by atoms with Crippen LogP contribution >= 0.6 is 7.82 Å². The van der Waals surface area contributed by atoms with E-state index in [1.165, 1.54) is 96.3 Å². The van der Waals surface area contributed by atoms with Gasteiger partial charge in [-0.15, -0.1) is 0 Å². The van der Waals surface area contributed by atoms with E-state index >= 15 is 0 Å². The lowest BCUT2D eigenvalue weighted by Gasteiger charge is -2.18. The number of unbranched alkanes of at least 4 members (excludes halogenated alkanes) is 20. The highest BCUT2D eigenvalue weighted by atomic mass is 31.2. The van der Waals surface area contributed by atoms with Crippen LogP contribution in [0.3, 0.4) is 0 Å². The first-order valence-electron chi connectivity index (χ1n) is 18.0. The largest absolute Gasteiger partial charge is 0.469 e. The van der Waals surface area contributed by atoms with Gasteiger partial charge in [0, 0.05) is 12.8 Å². The Bertz CT molecular complexity index is 713. The lowest BCUT2D eigenvalue weighted by atomic mass is 10.1. The quantitative estimate of drug-likeness (QED) is 0.0273. The van der Waals surface area contributed by atoms with E-state index in [1.807, 2.05) is 0 Å². The maximum Gasteiger partial charge on any atom is 0.469 e. The van der Waals surface area contributed by atoms with Gasteiger partial charge in [0.2, 0.25) is 0 Å². The molecule has 0 aliphatic rings. The van der Waals surface area contributed by atoms with Crippen LogP contribution in [-0.4, -0.2) is 75.7 Å². The van der Waals surface area contributed by atoms with Crippen molar-refractivity contribution < 1.29 is 53.3 Å². The van der Waals surface area contributed by atoms with E-state index in [0.29, 0.717) is 6.42 Å². The summed E-state index contributed by atoms with van der Waals surface area (Å²) in [5.74, 6) is -0.879. The minimum absolute atomic E-state index is 0.218. The molecule has 0 aromatic heterocycles. The van der Waals surface area contributed by atoms with Crippen molar-refractivity contribution >= 4 is 19.8 Å². The van der Waals surface area contributed by atoms with Crippen LogP contribution in [0, 0.1) is 0 Å². The third-order valence-electron chi connectivity index (χ3n) is 7.55. The molecule has 5 N–H and O–H groups in total. The molecule has 0 aromatic carbocycles. The van der Waals surface area contributed by atoms with E-state index in [4.69, 9.17) is 34.6 Å². The first-order valence-corrected chi connectivity index (χ1v) is 19.6. The van der Waals surface area contributed by atoms with Crippen LogP contribution in [0.1, 0.15) is 168 Å². The third-order valence-corrected chi connectivity index (χ3v) is 8.03. The number of carbonyl (C=O) groups excluding carboxylic acids is 2. The second kappa shape index (κ2) is 35.2. The summed E-state index contributed by atoms with van der Waals surface area (Å²) in [6.45, 7) is 2.92. The van der Waals surface area contributed by atoms with Crippen molar-refractivity contribution in [2.75, 3.05) is 26.4 Å². The van der Waals surface area contributed by atoms with E-state index in [1.54, 1.807) is 0 Å². The van der Waals surface area contributed by atoms with Crippen LogP contribution in [0.15, 0.2) is 0 Å². The molecular weight excluding hydrogens is 615 g/mol. The molecule has 11 nitrogen and oxygen atoms in total. The number of ether oxygens (including phenoxy) is 2. The van der Waals surface area contributed by atoms with Gasteiger partial charge in [-0.2, -0.15) is 0 Å². The van der Waals surface area contributed by atoms with Crippen LogP contribution in [0.4, 0.5) is 0 Å². The van der Waals surface area contributed by atoms with E-state index < -0.39 is 38.6 Å². The molecule has 0 radical (unpaired) electrons. The molecule has 0 heterocycles. The summed E-state index contributed by atoms with van der Waals surface area (Å²) >= 11 is 0. The predicted molar refractivity (Wildman–Crippen MR) is 181 cm³/mol. The molecule has 46 heavy (non-hydrogen) atoms. The van der Waals surface area contributed by atoms with Crippen molar-refractivity contribution in [3.63, 3.8) is 0 Å². The van der Waals surface area contributed by atoms with Gasteiger partial charge >= 0.3 is 19.8 Å². The fourth-order valence-electron chi connectivity index (χ4n) is 4.72. The normalized spacial score (nSPS) is 12.1. The minimum Gasteiger partial charge on any atom is -0.462 e. The molecule has 0 aliphatic carbocycles. The Morgan fingerprint density at radius 2 is 0.913 bits per heavy atom. The Morgan fingerprint density at radius 1 is 0.565 bits per heavy atom. The average molecular weight is 685 g/mol. The molecule has 0 bridgehead atoms. The van der Waals surface area contributed by atoms with Crippen molar-refractivity contribution in [2.24, 2.45) is 0 Å². The summed E-state index contributed by atoms with van der Waals surface area (Å²) in [7, 11) is -4.73. The number of carbonyl (C=O) groups is 2. The van der Waals surface area contributed by atoms with Gasteiger partial charge in [0.15, 0.2) is 6.10 Å². The molecule has 12 heteroatoms. The summed E-state index contributed by atoms with van der Waals surface area (Å²) in [5.41, 5.74) is 0. The minimum atomic E-state index is -4.73. The van der Waals surface area contributed by atoms with E-state index in [2.05, 4.69) is 18.4 Å². The number of hydrogen-bond acceptors (Lipinski definition) is 9. The fraction of sp³-hybridized carbons (Fsp3) is 0.941. The summed E-state index contributed by atoms with van der Waals surface area (Å²) in [6.07, 6.45) is 24.5. The summed E-state index contributed by atoms with van der Waals surface area (Å²) in [5, 5.41) is 24.0. The number of hydrogen-bond donors (Lipinski definition) is 5. The maximum atomic E-state index is 12.3. The van der Waals surface area contributed by atoms with Gasteiger partial charge in [0.05, 0.1) is 19.8 Å². The SMILES string of the molecule is CCCCCCCCCCCCCC(=O)OC[C@H](COP(=O)(O)O)OC(=O)CCCCCCCCCCCCC.OCC(O)CO. The highest BCUT2D eigenvalue weighted by molar-refractivity contribution is 7.46. The molecular formula is C34H69O11P. The monoisotopic (exact) mass is 684 g/mol. The van der Waals surface area contributed by atoms with Gasteiger partial charge in [-0.05, 0) is 12.8 Å². The average Bonchev–Trinajstić information content (AvgIpc) is 3.03. The van der Waals surface area contributed by atoms with Gasteiger partial charge in [-0.25, -0.2) is 4.57 Å². The van der Waals surface area contributed by atoms with Crippen molar-refractivity contribution in [1.29, 1.82) is 0 Å². The fourth-order valence-corrected chi connectivity index (χ4v) is 5.08. The number of esters is 2. The lowest BCUT2D eigenvalue weighted by molar-refractivity contribution is -0.161. The van der Waals surface area contributed by atoms with Crippen molar-refractivity contribution in [2.45, 2.75) is 180 Å². The highest BCUT2D eigenvalue weighted by Crippen LogP contribution is 2.36. The van der Waals surface area contributed by atoms with Crippen LogP contribution < -0.4 is 0 Å². The number of aliphatic hydroxyl groups is 3. The van der Waals surface area contributed by atoms with Crippen molar-refractivity contribution in [1.82, 2.24) is 0 Å². The zero-order chi connectivity index (χ0) is 34.7. The molecule has 0 fully saturated rings. The van der Waals surface area contributed by atoms with Crippen LogP contribution in [-0.2, 0) is 28.2 Å². The number of rotatable bonds is 32. The number of phosphoric acid groups is 1. The van der Waals surface area contributed by atoms with Gasteiger partial charge in [-0.1, -0.05) is 142 Å². The highest BCUT2D eigenvalue weighted by Gasteiger charge is 2.22. The zero-order valence-corrected chi connectivity index (χ0v) is 30.0. The first-order chi connectivity index (χ1) is 22.1. The summed E-state index contributed by atoms with van der Waals surface area (Å²) < 4.78 is 26.1. The Labute approximate surface area is 279 Å². The molecule has 0 saturated carbocycles. The Morgan fingerprint density at radius 3 is 1.24 bits per heavy atom. The van der Waals surface area contributed by atoms with Crippen LogP contribution in [0.2, 0.25) is 0 Å². The predicted octanol–water partition coefficient (Wildman–Crippen LogP) is 7.28. The maximum absolute atomic E-state index is 12.3. The summed E-state index contributed by atoms with van der Waals surface area (Å²) in [6, 6.07) is 0. The smallest absolute Gasteiger partial charge is 0.462 e. The second-order valence-corrected chi connectivity index (χ2v) is 13.4. The molecule has 0 amide bonds. The van der Waals surface area contributed by atoms with Crippen molar-refractivity contribution in [3.05, 3.63) is 0 Å².